The molecule has 3 aromatic rings. The average Bonchev–Trinajstić information content (AvgIpc) is 3.25. The first kappa shape index (κ1) is 22.1. The maximum Gasteiger partial charge on any atom is 0.228 e. The summed E-state index contributed by atoms with van der Waals surface area (Å²) in [4.78, 5) is 2.19. The van der Waals surface area contributed by atoms with Crippen LogP contribution in [-0.4, -0.2) is 64.6 Å². The van der Waals surface area contributed by atoms with Crippen LogP contribution < -0.4 is 9.64 Å². The van der Waals surface area contributed by atoms with E-state index < -0.39 is 6.10 Å². The summed E-state index contributed by atoms with van der Waals surface area (Å²) in [5.74, 6) is 1.87. The summed E-state index contributed by atoms with van der Waals surface area (Å²) in [7, 11) is 0. The number of hydrogen-bond donors (Lipinski definition) is 1. The maximum atomic E-state index is 10.4. The molecule has 2 heterocycles. The van der Waals surface area contributed by atoms with E-state index in [-0.39, 0.29) is 6.61 Å². The Morgan fingerprint density at radius 1 is 1.09 bits per heavy atom. The summed E-state index contributed by atoms with van der Waals surface area (Å²) in [6.07, 6.45) is -0.677. The normalized spacial score (nSPS) is 14.7. The predicted octanol–water partition coefficient (Wildman–Crippen LogP) is 2.57. The molecule has 0 amide bonds. The monoisotopic (exact) mass is 451 g/mol. The molecule has 0 saturated carbocycles. The molecule has 1 atom stereocenters. The third kappa shape index (κ3) is 5.79. The lowest BCUT2D eigenvalue weighted by atomic mass is 10.2. The van der Waals surface area contributed by atoms with Gasteiger partial charge in [-0.25, -0.2) is 0 Å². The van der Waals surface area contributed by atoms with E-state index >= 15 is 0 Å². The van der Waals surface area contributed by atoms with Crippen LogP contribution in [0.4, 0.5) is 5.95 Å². The fourth-order valence-electron chi connectivity index (χ4n) is 3.33. The van der Waals surface area contributed by atoms with Crippen molar-refractivity contribution in [1.29, 1.82) is 5.26 Å². The molecule has 1 fully saturated rings. The quantitative estimate of drug-likeness (QED) is 0.496. The first-order valence-corrected chi connectivity index (χ1v) is 11.4. The van der Waals surface area contributed by atoms with Gasteiger partial charge in [-0.15, -0.1) is 10.2 Å². The number of morpholine rings is 1. The lowest BCUT2D eigenvalue weighted by molar-refractivity contribution is 0.121. The molecule has 2 aromatic carbocycles. The highest BCUT2D eigenvalue weighted by atomic mass is 32.2. The number of anilines is 1. The second-order valence-electron chi connectivity index (χ2n) is 7.37. The average molecular weight is 452 g/mol. The van der Waals surface area contributed by atoms with Crippen LogP contribution in [0.3, 0.4) is 0 Å². The molecule has 1 aromatic heterocycles. The zero-order valence-electron chi connectivity index (χ0n) is 17.6. The number of thioether (sulfide) groups is 1. The predicted molar refractivity (Wildman–Crippen MR) is 122 cm³/mol. The number of aliphatic hydroxyl groups is 1. The molecule has 166 valence electrons. The molecular formula is C23H25N5O3S. The van der Waals surface area contributed by atoms with Gasteiger partial charge in [-0.05, 0) is 29.8 Å². The SMILES string of the molecule is N#Cc1ccc(OCC(O)CSc2nnc(N3CCOCC3)n2Cc2ccccc2)cc1. The van der Waals surface area contributed by atoms with Crippen molar-refractivity contribution in [1.82, 2.24) is 14.8 Å². The van der Waals surface area contributed by atoms with Gasteiger partial charge in [0.2, 0.25) is 5.95 Å². The van der Waals surface area contributed by atoms with E-state index in [1.54, 1.807) is 24.3 Å². The highest BCUT2D eigenvalue weighted by molar-refractivity contribution is 7.99. The standard InChI is InChI=1S/C23H25N5O3S/c24-14-18-6-8-21(9-7-18)31-16-20(29)17-32-23-26-25-22(27-10-12-30-13-11-27)28(23)15-19-4-2-1-3-5-19/h1-9,20,29H,10-13,15-17H2. The molecule has 1 unspecified atom stereocenters. The van der Waals surface area contributed by atoms with Crippen molar-refractivity contribution >= 4 is 17.7 Å². The van der Waals surface area contributed by atoms with E-state index in [0.717, 1.165) is 29.8 Å². The number of nitriles is 1. The van der Waals surface area contributed by atoms with E-state index in [2.05, 4.69) is 37.9 Å². The Balaban J connectivity index is 1.40. The van der Waals surface area contributed by atoms with Crippen LogP contribution in [0.1, 0.15) is 11.1 Å². The highest BCUT2D eigenvalue weighted by Gasteiger charge is 2.21. The van der Waals surface area contributed by atoms with Crippen molar-refractivity contribution in [2.45, 2.75) is 17.8 Å². The maximum absolute atomic E-state index is 10.4. The Kier molecular flexibility index (Phi) is 7.61. The first-order valence-electron chi connectivity index (χ1n) is 10.5. The number of nitrogens with zero attached hydrogens (tertiary/aromatic N) is 5. The van der Waals surface area contributed by atoms with E-state index in [0.29, 0.717) is 36.8 Å². The molecular weight excluding hydrogens is 426 g/mol. The number of rotatable bonds is 9. The summed E-state index contributed by atoms with van der Waals surface area (Å²) in [6, 6.07) is 19.1. The number of hydrogen-bond acceptors (Lipinski definition) is 8. The van der Waals surface area contributed by atoms with Crippen molar-refractivity contribution in [3.63, 3.8) is 0 Å². The Hall–Kier alpha value is -3.06. The van der Waals surface area contributed by atoms with Gasteiger partial charge in [-0.2, -0.15) is 5.26 Å². The van der Waals surface area contributed by atoms with Crippen molar-refractivity contribution < 1.29 is 14.6 Å². The molecule has 0 spiro atoms. The fraction of sp³-hybridized carbons (Fsp3) is 0.348. The van der Waals surface area contributed by atoms with Crippen LogP contribution in [0, 0.1) is 11.3 Å². The second-order valence-corrected chi connectivity index (χ2v) is 8.35. The van der Waals surface area contributed by atoms with Crippen LogP contribution in [0.2, 0.25) is 0 Å². The fourth-order valence-corrected chi connectivity index (χ4v) is 4.16. The molecule has 9 heteroatoms. The topological polar surface area (TPSA) is 96.4 Å². The summed E-state index contributed by atoms with van der Waals surface area (Å²) in [6.45, 7) is 3.71. The van der Waals surface area contributed by atoms with Crippen LogP contribution >= 0.6 is 11.8 Å². The van der Waals surface area contributed by atoms with Crippen LogP contribution in [0.25, 0.3) is 0 Å². The van der Waals surface area contributed by atoms with E-state index in [9.17, 15) is 5.11 Å². The molecule has 32 heavy (non-hydrogen) atoms. The van der Waals surface area contributed by atoms with Gasteiger partial charge < -0.3 is 19.5 Å². The van der Waals surface area contributed by atoms with Gasteiger partial charge in [0.1, 0.15) is 12.4 Å². The molecule has 0 bridgehead atoms. The lowest BCUT2D eigenvalue weighted by Gasteiger charge is -2.28. The zero-order valence-corrected chi connectivity index (χ0v) is 18.4. The van der Waals surface area contributed by atoms with E-state index in [1.807, 2.05) is 18.2 Å². The summed E-state index contributed by atoms with van der Waals surface area (Å²) in [5.41, 5.74) is 1.73. The minimum atomic E-state index is -0.677. The smallest absolute Gasteiger partial charge is 0.228 e. The van der Waals surface area contributed by atoms with Gasteiger partial charge in [-0.3, -0.25) is 4.57 Å². The number of ether oxygens (including phenoxy) is 2. The molecule has 8 nitrogen and oxygen atoms in total. The van der Waals surface area contributed by atoms with Crippen molar-refractivity contribution in [3.8, 4) is 11.8 Å². The molecule has 1 aliphatic rings. The van der Waals surface area contributed by atoms with Crippen molar-refractivity contribution in [2.24, 2.45) is 0 Å². The van der Waals surface area contributed by atoms with E-state index in [4.69, 9.17) is 14.7 Å². The summed E-state index contributed by atoms with van der Waals surface area (Å²) in [5, 5.41) is 28.9. The minimum Gasteiger partial charge on any atom is -0.491 e. The van der Waals surface area contributed by atoms with Gasteiger partial charge in [0.15, 0.2) is 5.16 Å². The van der Waals surface area contributed by atoms with Crippen molar-refractivity contribution in [2.75, 3.05) is 43.6 Å². The van der Waals surface area contributed by atoms with Gasteiger partial charge in [0, 0.05) is 18.8 Å². The number of benzene rings is 2. The van der Waals surface area contributed by atoms with Crippen LogP contribution in [0.5, 0.6) is 5.75 Å². The highest BCUT2D eigenvalue weighted by Crippen LogP contribution is 2.25. The van der Waals surface area contributed by atoms with Crippen molar-refractivity contribution in [3.05, 3.63) is 65.7 Å². The van der Waals surface area contributed by atoms with E-state index in [1.165, 1.54) is 11.8 Å². The van der Waals surface area contributed by atoms with Gasteiger partial charge in [-0.1, -0.05) is 42.1 Å². The Morgan fingerprint density at radius 3 is 2.56 bits per heavy atom. The third-order valence-electron chi connectivity index (χ3n) is 5.01. The third-order valence-corrected chi connectivity index (χ3v) is 6.12. The second kappa shape index (κ2) is 11.0. The number of aliphatic hydroxyl groups excluding tert-OH is 1. The largest absolute Gasteiger partial charge is 0.491 e. The zero-order chi connectivity index (χ0) is 22.2. The molecule has 4 rings (SSSR count). The summed E-state index contributed by atoms with van der Waals surface area (Å²) < 4.78 is 13.2. The Labute approximate surface area is 191 Å². The molecule has 0 radical (unpaired) electrons. The Morgan fingerprint density at radius 2 is 1.84 bits per heavy atom. The molecule has 1 saturated heterocycles. The number of aromatic nitrogens is 3. The van der Waals surface area contributed by atoms with Gasteiger partial charge in [0.25, 0.3) is 0 Å². The minimum absolute atomic E-state index is 0.155. The lowest BCUT2D eigenvalue weighted by Crippen LogP contribution is -2.38. The molecule has 1 N–H and O–H groups in total. The van der Waals surface area contributed by atoms with Crippen LogP contribution in [-0.2, 0) is 11.3 Å². The Bertz CT molecular complexity index is 1030. The first-order chi connectivity index (χ1) is 15.7. The van der Waals surface area contributed by atoms with Gasteiger partial charge in [0.05, 0.1) is 37.5 Å². The molecule has 0 aliphatic carbocycles. The molecule has 1 aliphatic heterocycles. The van der Waals surface area contributed by atoms with Gasteiger partial charge >= 0.3 is 0 Å². The summed E-state index contributed by atoms with van der Waals surface area (Å²) >= 11 is 1.46. The van der Waals surface area contributed by atoms with Crippen LogP contribution in [0.15, 0.2) is 59.8 Å².